The number of nitrogens with zero attached hydrogens (tertiary/aromatic N) is 2. The number of hydrogen-bond donors (Lipinski definition) is 2. The van der Waals surface area contributed by atoms with Crippen molar-refractivity contribution in [2.75, 3.05) is 19.8 Å². The monoisotopic (exact) mass is 708 g/mol. The summed E-state index contributed by atoms with van der Waals surface area (Å²) in [6.07, 6.45) is 2.38. The third kappa shape index (κ3) is 7.64. The molecule has 0 amide bonds. The van der Waals surface area contributed by atoms with Crippen LogP contribution in [0.1, 0.15) is 41.9 Å². The number of H-pyrrole nitrogens is 1. The molecule has 2 aromatic heterocycles. The maximum absolute atomic E-state index is 15.7. The van der Waals surface area contributed by atoms with E-state index in [0.717, 1.165) is 12.1 Å². The molecule has 0 bridgehead atoms. The van der Waals surface area contributed by atoms with E-state index in [1.54, 1.807) is 35.9 Å². The molecule has 265 valence electrons. The lowest BCUT2D eigenvalue weighted by atomic mass is 9.95. The average Bonchev–Trinajstić information content (AvgIpc) is 3.69. The molecule has 3 aromatic carbocycles. The molecule has 50 heavy (non-hydrogen) atoms. The van der Waals surface area contributed by atoms with Gasteiger partial charge >= 0.3 is 5.97 Å². The normalized spacial score (nSPS) is 14.6. The molecule has 0 saturated carbocycles. The number of rotatable bonds is 13. The van der Waals surface area contributed by atoms with Gasteiger partial charge in [0.05, 0.1) is 29.4 Å². The molecule has 1 aliphatic heterocycles. The summed E-state index contributed by atoms with van der Waals surface area (Å²) < 4.78 is 80.1. The summed E-state index contributed by atoms with van der Waals surface area (Å²) in [5.74, 6) is -3.77. The van der Waals surface area contributed by atoms with Gasteiger partial charge in [-0.05, 0) is 43.2 Å². The molecule has 5 aromatic rings. The number of hydrogen-bond acceptors (Lipinski definition) is 6. The summed E-state index contributed by atoms with van der Waals surface area (Å²) in [6.45, 7) is 9.92. The number of benzene rings is 3. The number of nitrogens with one attached hydrogen (secondary N) is 2. The van der Waals surface area contributed by atoms with Crippen LogP contribution < -0.4 is 10.1 Å². The van der Waals surface area contributed by atoms with Crippen molar-refractivity contribution in [2.45, 2.75) is 64.6 Å². The Bertz CT molecular complexity index is 2020. The van der Waals surface area contributed by atoms with Crippen molar-refractivity contribution >= 4 is 24.9 Å². The van der Waals surface area contributed by atoms with Crippen molar-refractivity contribution < 1.29 is 36.6 Å². The Labute approximate surface area is 288 Å². The molecule has 8 nitrogen and oxygen atoms in total. The van der Waals surface area contributed by atoms with Gasteiger partial charge in [-0.3, -0.25) is 4.79 Å². The van der Waals surface area contributed by atoms with Gasteiger partial charge < -0.3 is 29.1 Å². The quantitative estimate of drug-likeness (QED) is 0.0553. The maximum atomic E-state index is 15.7. The molecule has 0 fully saturated rings. The van der Waals surface area contributed by atoms with Gasteiger partial charge in [0, 0.05) is 54.9 Å². The predicted molar refractivity (Wildman–Crippen MR) is 185 cm³/mol. The number of esters is 1. The third-order valence-electron chi connectivity index (χ3n) is 8.69. The minimum atomic E-state index is -1.29. The zero-order valence-corrected chi connectivity index (χ0v) is 29.5. The summed E-state index contributed by atoms with van der Waals surface area (Å²) >= 11 is 0. The molecular weight excluding hydrogens is 669 g/mol. The van der Waals surface area contributed by atoms with Gasteiger partial charge in [-0.2, -0.15) is 19.6 Å². The summed E-state index contributed by atoms with van der Waals surface area (Å²) in [5.41, 5.74) is 2.25. The highest BCUT2D eigenvalue weighted by Crippen LogP contribution is 2.37. The molecule has 0 aliphatic carbocycles. The Morgan fingerprint density at radius 2 is 1.86 bits per heavy atom. The summed E-state index contributed by atoms with van der Waals surface area (Å²) in [6, 6.07) is 11.8. The van der Waals surface area contributed by atoms with Crippen LogP contribution in [0.4, 0.5) is 17.6 Å². The smallest absolute Gasteiger partial charge is 0.306 e. The molecule has 13 heteroatoms. The SMILES string of the molecule is CCOC(=O)CCc1cccc(C2NCCc3[nH]c(-c4cc(Oc5c(F)cc6c(ccn6COCC[Si-](C)(C)C)c5F)ccc4F)nc32)c1F. The van der Waals surface area contributed by atoms with E-state index in [9.17, 15) is 4.79 Å². The van der Waals surface area contributed by atoms with E-state index in [2.05, 4.69) is 34.9 Å². The highest BCUT2D eigenvalue weighted by molar-refractivity contribution is 6.76. The van der Waals surface area contributed by atoms with Crippen molar-refractivity contribution in [1.82, 2.24) is 19.9 Å². The van der Waals surface area contributed by atoms with E-state index >= 15 is 17.6 Å². The van der Waals surface area contributed by atoms with Gasteiger partial charge in [-0.15, -0.1) is 14.1 Å². The number of aromatic amines is 1. The highest BCUT2D eigenvalue weighted by Gasteiger charge is 2.29. The molecule has 6 rings (SSSR count). The fourth-order valence-corrected chi connectivity index (χ4v) is 6.78. The first-order valence-electron chi connectivity index (χ1n) is 16.7. The summed E-state index contributed by atoms with van der Waals surface area (Å²) in [7, 11) is -1.29. The van der Waals surface area contributed by atoms with Crippen LogP contribution in [0.15, 0.2) is 54.7 Å². The minimum Gasteiger partial charge on any atom is -0.466 e. The second-order valence-corrected chi connectivity index (χ2v) is 19.1. The van der Waals surface area contributed by atoms with Crippen LogP contribution in [0.25, 0.3) is 22.3 Å². The van der Waals surface area contributed by atoms with Crippen LogP contribution in [-0.2, 0) is 33.8 Å². The number of carbonyl (C=O) groups excluding carboxylic acids is 1. The second-order valence-electron chi connectivity index (χ2n) is 13.5. The molecule has 2 N–H and O–H groups in total. The lowest BCUT2D eigenvalue weighted by molar-refractivity contribution is -0.143. The third-order valence-corrected chi connectivity index (χ3v) is 10.4. The Balaban J connectivity index is 1.24. The lowest BCUT2D eigenvalue weighted by Crippen LogP contribution is -2.31. The minimum absolute atomic E-state index is 0.00273. The molecule has 0 radical (unpaired) electrons. The number of carbonyl (C=O) groups is 1. The fourth-order valence-electron chi connectivity index (χ4n) is 6.02. The number of halogens is 4. The van der Waals surface area contributed by atoms with Gasteiger partial charge in [0.1, 0.15) is 29.9 Å². The Hall–Kier alpha value is -4.46. The Morgan fingerprint density at radius 3 is 2.64 bits per heavy atom. The summed E-state index contributed by atoms with van der Waals surface area (Å²) in [4.78, 5) is 19.7. The molecule has 1 atom stereocenters. The first kappa shape index (κ1) is 35.4. The van der Waals surface area contributed by atoms with Crippen LogP contribution in [0.3, 0.4) is 0 Å². The van der Waals surface area contributed by atoms with Crippen LogP contribution in [0.5, 0.6) is 11.5 Å². The van der Waals surface area contributed by atoms with Crippen LogP contribution in [0, 0.1) is 23.3 Å². The molecule has 1 aliphatic rings. The molecular formula is C37H40F4N4O4Si-. The van der Waals surface area contributed by atoms with Crippen molar-refractivity contribution in [2.24, 2.45) is 0 Å². The zero-order valence-electron chi connectivity index (χ0n) is 28.5. The first-order chi connectivity index (χ1) is 23.9. The predicted octanol–water partition coefficient (Wildman–Crippen LogP) is 8.42. The molecule has 0 saturated heterocycles. The van der Waals surface area contributed by atoms with Crippen LogP contribution in [-0.4, -0.2) is 48.3 Å². The first-order valence-corrected chi connectivity index (χ1v) is 20.4. The van der Waals surface area contributed by atoms with Gasteiger partial charge in [-0.1, -0.05) is 18.2 Å². The van der Waals surface area contributed by atoms with E-state index in [0.29, 0.717) is 47.6 Å². The van der Waals surface area contributed by atoms with E-state index < -0.39 is 49.1 Å². The van der Waals surface area contributed by atoms with E-state index in [1.807, 2.05) is 0 Å². The van der Waals surface area contributed by atoms with Crippen molar-refractivity contribution in [3.8, 4) is 22.9 Å². The maximum Gasteiger partial charge on any atom is 0.306 e. The number of fused-ring (bicyclic) bond motifs is 2. The average molecular weight is 709 g/mol. The topological polar surface area (TPSA) is 90.4 Å². The molecule has 1 unspecified atom stereocenters. The van der Waals surface area contributed by atoms with Crippen molar-refractivity contribution in [3.05, 3.63) is 101 Å². The van der Waals surface area contributed by atoms with Crippen LogP contribution >= 0.6 is 0 Å². The fraction of sp³-hybridized carbons (Fsp3) is 0.351. The second kappa shape index (κ2) is 14.8. The van der Waals surface area contributed by atoms with Crippen molar-refractivity contribution in [3.63, 3.8) is 0 Å². The standard InChI is InChI=1S/C37H40F4N4O4Si/c1-5-48-31(46)12-9-22-7-6-8-25(32(22)40)34-35-29(13-15-42-34)43-37(44-35)26-19-23(10-11-27(26)38)49-36-28(39)20-30-24(33(36)41)14-16-45(30)21-47-17-18-50(2,3)4/h6-8,10-11,14,16,19-20,34,42H,5,9,12-13,15,17-18,21H2,1-4H3,(H,43,44)/q-1. The largest absolute Gasteiger partial charge is 0.466 e. The highest BCUT2D eigenvalue weighted by atomic mass is 28.3. The number of aryl methyl sites for hydroxylation is 1. The van der Waals surface area contributed by atoms with E-state index in [-0.39, 0.29) is 48.7 Å². The number of imidazole rings is 1. The summed E-state index contributed by atoms with van der Waals surface area (Å²) in [5, 5.41) is 3.45. The zero-order chi connectivity index (χ0) is 35.6. The molecule has 3 heterocycles. The Morgan fingerprint density at radius 1 is 1.04 bits per heavy atom. The van der Waals surface area contributed by atoms with E-state index in [4.69, 9.17) is 14.2 Å². The van der Waals surface area contributed by atoms with Gasteiger partial charge in [-0.25, -0.2) is 22.5 Å². The van der Waals surface area contributed by atoms with Gasteiger partial charge in [0.15, 0.2) is 17.4 Å². The van der Waals surface area contributed by atoms with E-state index in [1.165, 1.54) is 24.3 Å². The lowest BCUT2D eigenvalue weighted by Gasteiger charge is -2.26. The Kier molecular flexibility index (Phi) is 10.5. The van der Waals surface area contributed by atoms with Crippen molar-refractivity contribution in [1.29, 1.82) is 0 Å². The van der Waals surface area contributed by atoms with Gasteiger partial charge in [0.2, 0.25) is 0 Å². The number of ether oxygens (including phenoxy) is 3. The van der Waals surface area contributed by atoms with Crippen LogP contribution in [0.2, 0.25) is 25.7 Å². The van der Waals surface area contributed by atoms with Gasteiger partial charge in [0.25, 0.3) is 0 Å². The number of aromatic nitrogens is 3. The molecule has 0 spiro atoms.